The van der Waals surface area contributed by atoms with Crippen LogP contribution in [-0.2, 0) is 47.6 Å². The average molecular weight is 997 g/mol. The number of allylic oxidation sites excluding steroid dienone is 5. The van der Waals surface area contributed by atoms with Gasteiger partial charge < -0.3 is 53.5 Å². The van der Waals surface area contributed by atoms with Gasteiger partial charge in [-0.15, -0.1) is 6.42 Å². The molecule has 3 fully saturated rings. The number of carbonyl (C=O) groups excluding carboxylic acids is 3. The molecular weight excluding hydrogens is 909 g/mol. The fourth-order valence-electron chi connectivity index (χ4n) is 11.0. The maximum atomic E-state index is 14.7. The number of carbonyl (C=O) groups is 3. The van der Waals surface area contributed by atoms with Crippen molar-refractivity contribution < 1.29 is 63.0 Å². The summed E-state index contributed by atoms with van der Waals surface area (Å²) in [5, 5.41) is 39.1. The van der Waals surface area contributed by atoms with Crippen LogP contribution in [0.4, 0.5) is 0 Å². The number of piperidine rings is 1. The molecule has 16 atom stereocenters. The van der Waals surface area contributed by atoms with Crippen LogP contribution in [0, 0.1) is 47.9 Å². The van der Waals surface area contributed by atoms with Crippen LogP contribution in [0.15, 0.2) is 52.8 Å². The predicted molar refractivity (Wildman–Crippen MR) is 273 cm³/mol. The number of cyclic esters (lactones) is 1. The zero-order chi connectivity index (χ0) is 52.4. The van der Waals surface area contributed by atoms with Gasteiger partial charge in [-0.25, -0.2) is 4.79 Å². The molecule has 1 aliphatic carbocycles. The Labute approximate surface area is 424 Å². The van der Waals surface area contributed by atoms with Crippen molar-refractivity contribution in [2.45, 2.75) is 193 Å². The van der Waals surface area contributed by atoms with Crippen molar-refractivity contribution in [1.82, 2.24) is 4.90 Å². The Morgan fingerprint density at radius 1 is 0.901 bits per heavy atom. The fraction of sp³-hybridized carbons (Fsp3) is 0.750. The van der Waals surface area contributed by atoms with Gasteiger partial charge in [-0.2, -0.15) is 0 Å². The highest BCUT2D eigenvalue weighted by atomic mass is 16.6. The molecule has 1 amide bonds. The quantitative estimate of drug-likeness (QED) is 0.0489. The molecule has 4 rings (SSSR count). The minimum absolute atomic E-state index is 0.0517. The van der Waals surface area contributed by atoms with E-state index >= 15 is 0 Å². The zero-order valence-corrected chi connectivity index (χ0v) is 44.6. The average Bonchev–Trinajstić information content (AvgIpc) is 3.35. The third-order valence-electron chi connectivity index (χ3n) is 15.4. The number of ketones is 1. The highest BCUT2D eigenvalue weighted by molar-refractivity contribution is 6.39. The lowest BCUT2D eigenvalue weighted by Gasteiger charge is -2.43. The topological polar surface area (TPSA) is 192 Å². The Balaban J connectivity index is 1.79. The molecular formula is C56H88N2O13. The largest absolute Gasteiger partial charge is 0.460 e. The summed E-state index contributed by atoms with van der Waals surface area (Å²) in [4.78, 5) is 50.2. The second kappa shape index (κ2) is 29.2. The predicted octanol–water partition coefficient (Wildman–Crippen LogP) is 7.45. The van der Waals surface area contributed by atoms with Gasteiger partial charge in [-0.1, -0.05) is 82.2 Å². The molecule has 4 aliphatic rings. The number of esters is 1. The van der Waals surface area contributed by atoms with E-state index in [2.05, 4.69) is 24.1 Å². The number of amides is 1. The first kappa shape index (κ1) is 59.8. The molecule has 2 saturated heterocycles. The Hall–Kier alpha value is -3.72. The first-order valence-electron chi connectivity index (χ1n) is 26.2. The normalized spacial score (nSPS) is 39.4. The van der Waals surface area contributed by atoms with Crippen molar-refractivity contribution in [2.24, 2.45) is 40.7 Å². The van der Waals surface area contributed by atoms with E-state index in [4.69, 9.17) is 39.7 Å². The van der Waals surface area contributed by atoms with Crippen LogP contribution in [0.25, 0.3) is 0 Å². The molecule has 400 valence electrons. The second-order valence-electron chi connectivity index (χ2n) is 20.8. The van der Waals surface area contributed by atoms with Crippen LogP contribution in [0.2, 0.25) is 0 Å². The van der Waals surface area contributed by atoms with E-state index in [9.17, 15) is 29.7 Å². The number of hydrogen-bond acceptors (Lipinski definition) is 14. The van der Waals surface area contributed by atoms with Crippen molar-refractivity contribution in [2.75, 3.05) is 41.1 Å². The van der Waals surface area contributed by atoms with Crippen molar-refractivity contribution in [1.29, 1.82) is 0 Å². The number of Topliss-reactive ketones (excluding diaryl/α,β-unsaturated/α-hetero) is 1. The molecule has 15 heteroatoms. The molecule has 0 aromatic carbocycles. The molecule has 3 heterocycles. The van der Waals surface area contributed by atoms with Gasteiger partial charge in [0.25, 0.3) is 11.7 Å². The number of aliphatic hydroxyl groups is 3. The molecule has 0 spiro atoms. The van der Waals surface area contributed by atoms with E-state index in [0.717, 1.165) is 12.0 Å². The van der Waals surface area contributed by atoms with Gasteiger partial charge >= 0.3 is 5.97 Å². The van der Waals surface area contributed by atoms with Gasteiger partial charge in [0.1, 0.15) is 24.4 Å². The maximum Gasteiger partial charge on any atom is 0.329 e. The van der Waals surface area contributed by atoms with Crippen molar-refractivity contribution in [3.05, 3.63) is 47.6 Å². The Kier molecular flexibility index (Phi) is 24.6. The van der Waals surface area contributed by atoms with E-state index < -0.39 is 78.1 Å². The molecule has 0 unspecified atom stereocenters. The van der Waals surface area contributed by atoms with Gasteiger partial charge in [0.15, 0.2) is 6.61 Å². The molecule has 1 saturated carbocycles. The number of aliphatic hydroxyl groups excluding tert-OH is 2. The van der Waals surface area contributed by atoms with Gasteiger partial charge in [0.05, 0.1) is 36.2 Å². The zero-order valence-electron chi connectivity index (χ0n) is 44.6. The SMILES string of the molecule is C#CCON=C1[C@H](C)C[C@H](C)/C=C/C=C/C=C(\C)[C@@H](OC)C[C@@H]2CC[C@@H](C)[C@@](O)(O2)C(=O)C(=O)N2CCCC[C@H]2C(=O)O[C@H]([C@H](C)C[C@@H]2CC[C@@H](O)[C@H](OC)C2)C[C@@H](OCC)[C@H](C)/C=C(\C)[C@@H](O)[C@H]1OC. The minimum Gasteiger partial charge on any atom is -0.460 e. The standard InChI is InChI=1S/C56H88N2O13/c1-13-28-69-57-50-39(7)29-35(3)20-16-15-17-21-36(4)46(65-10)33-43-25-23-41(9)56(64,71-43)53(61)54(62)58-27-19-18-22-44(58)55(63)70-48(38(6)31-42-24-26-45(59)49(32-42)66-11)34-47(68-14-2)37(5)30-40(8)51(60)52(50)67-12/h1,15-17,20-21,30,35,37-39,41-49,51-52,59-60,64H,14,18-19,22-29,31-34H2,2-12H3/b17-15+,20-16+,36-21+,40-30+,57-50?/t35-,37-,38-,39-,41-,42+,43+,44+,45-,46+,47-,48+,49-,51-,52+,56-/m1/s1. The summed E-state index contributed by atoms with van der Waals surface area (Å²) in [6.45, 7) is 16.0. The third-order valence-corrected chi connectivity index (χ3v) is 15.4. The second-order valence-corrected chi connectivity index (χ2v) is 20.8. The van der Waals surface area contributed by atoms with E-state index in [1.807, 2.05) is 71.9 Å². The monoisotopic (exact) mass is 997 g/mol. The number of terminal acetylenes is 1. The molecule has 0 aromatic heterocycles. The first-order chi connectivity index (χ1) is 33.8. The number of oxime groups is 1. The summed E-state index contributed by atoms with van der Waals surface area (Å²) in [6.07, 6.45) is 18.7. The van der Waals surface area contributed by atoms with Crippen LogP contribution < -0.4 is 0 Å². The highest BCUT2D eigenvalue weighted by Crippen LogP contribution is 2.38. The van der Waals surface area contributed by atoms with E-state index in [1.165, 1.54) is 12.0 Å². The fourth-order valence-corrected chi connectivity index (χ4v) is 11.0. The lowest BCUT2D eigenvalue weighted by molar-refractivity contribution is -0.265. The van der Waals surface area contributed by atoms with Crippen molar-refractivity contribution >= 4 is 23.4 Å². The summed E-state index contributed by atoms with van der Waals surface area (Å²) in [5.41, 5.74) is 2.03. The van der Waals surface area contributed by atoms with Crippen LogP contribution in [0.1, 0.15) is 132 Å². The molecule has 3 aliphatic heterocycles. The van der Waals surface area contributed by atoms with E-state index in [1.54, 1.807) is 21.1 Å². The lowest BCUT2D eigenvalue weighted by atomic mass is 9.78. The van der Waals surface area contributed by atoms with Crippen molar-refractivity contribution in [3.63, 3.8) is 0 Å². The van der Waals surface area contributed by atoms with Crippen LogP contribution in [-0.4, -0.2) is 145 Å². The molecule has 0 radical (unpaired) electrons. The Bertz CT molecular complexity index is 1910. The number of rotatable bonds is 10. The number of ether oxygens (including phenoxy) is 6. The number of methoxy groups -OCH3 is 3. The maximum absolute atomic E-state index is 14.7. The van der Waals surface area contributed by atoms with Crippen LogP contribution in [0.3, 0.4) is 0 Å². The number of nitrogens with zero attached hydrogens (tertiary/aromatic N) is 2. The smallest absolute Gasteiger partial charge is 0.329 e. The Morgan fingerprint density at radius 3 is 2.32 bits per heavy atom. The van der Waals surface area contributed by atoms with Crippen LogP contribution >= 0.6 is 0 Å². The number of fused-ring (bicyclic) bond motifs is 3. The van der Waals surface area contributed by atoms with Crippen LogP contribution in [0.5, 0.6) is 0 Å². The molecule has 15 nitrogen and oxygen atoms in total. The van der Waals surface area contributed by atoms with E-state index in [-0.39, 0.29) is 61.7 Å². The molecule has 71 heavy (non-hydrogen) atoms. The summed E-state index contributed by atoms with van der Waals surface area (Å²) >= 11 is 0. The van der Waals surface area contributed by atoms with E-state index in [0.29, 0.717) is 75.7 Å². The molecule has 2 bridgehead atoms. The highest BCUT2D eigenvalue weighted by Gasteiger charge is 2.53. The third kappa shape index (κ3) is 16.6. The molecule has 3 N–H and O–H groups in total. The summed E-state index contributed by atoms with van der Waals surface area (Å²) in [6, 6.07) is -1.07. The van der Waals surface area contributed by atoms with Gasteiger partial charge in [0, 0.05) is 65.1 Å². The van der Waals surface area contributed by atoms with Gasteiger partial charge in [-0.3, -0.25) is 9.59 Å². The Morgan fingerprint density at radius 2 is 1.65 bits per heavy atom. The summed E-state index contributed by atoms with van der Waals surface area (Å²) in [5.74, 6) is -3.75. The lowest BCUT2D eigenvalue weighted by Crippen LogP contribution is -2.61. The number of hydrogen-bond donors (Lipinski definition) is 3. The van der Waals surface area contributed by atoms with Gasteiger partial charge in [0.2, 0.25) is 5.79 Å². The van der Waals surface area contributed by atoms with Crippen molar-refractivity contribution in [3.8, 4) is 12.3 Å². The summed E-state index contributed by atoms with van der Waals surface area (Å²) in [7, 11) is 4.73. The minimum atomic E-state index is -2.41. The molecule has 0 aromatic rings. The van der Waals surface area contributed by atoms with Gasteiger partial charge in [-0.05, 0) is 114 Å². The summed E-state index contributed by atoms with van der Waals surface area (Å²) < 4.78 is 36.7. The first-order valence-corrected chi connectivity index (χ1v) is 26.2.